The molecule has 4 heteroatoms. The van der Waals surface area contributed by atoms with Gasteiger partial charge < -0.3 is 0 Å². The molecule has 0 aliphatic carbocycles. The van der Waals surface area contributed by atoms with Crippen molar-refractivity contribution in [2.75, 3.05) is 5.75 Å². The highest BCUT2D eigenvalue weighted by atomic mass is 32.2. The molecule has 2 atom stereocenters. The van der Waals surface area contributed by atoms with Crippen molar-refractivity contribution in [3.8, 4) is 0 Å². The lowest BCUT2D eigenvalue weighted by molar-refractivity contribution is 0.854. The Morgan fingerprint density at radius 3 is 2.83 bits per heavy atom. The van der Waals surface area contributed by atoms with Crippen molar-refractivity contribution < 1.29 is 0 Å². The van der Waals surface area contributed by atoms with Crippen LogP contribution in [0, 0.1) is 0 Å². The van der Waals surface area contributed by atoms with E-state index < -0.39 is 0 Å². The molecular weight excluding hydrogens is 314 g/mol. The van der Waals surface area contributed by atoms with Gasteiger partial charge in [0.25, 0.3) is 0 Å². The molecule has 2 unspecified atom stereocenters. The highest BCUT2D eigenvalue weighted by Crippen LogP contribution is 2.32. The van der Waals surface area contributed by atoms with Crippen LogP contribution in [0.15, 0.2) is 53.7 Å². The number of aromatic nitrogens is 2. The molecular formula is C20H21N3S. The van der Waals surface area contributed by atoms with Crippen LogP contribution in [0.3, 0.4) is 0 Å². The molecule has 0 spiro atoms. The Morgan fingerprint density at radius 2 is 2.00 bits per heavy atom. The second-order valence-electron chi connectivity index (χ2n) is 6.47. The fourth-order valence-corrected chi connectivity index (χ4v) is 4.49. The molecule has 4 rings (SSSR count). The number of nitrogens with zero attached hydrogens (tertiary/aromatic N) is 2. The van der Waals surface area contributed by atoms with Crippen LogP contribution in [-0.4, -0.2) is 27.0 Å². The van der Waals surface area contributed by atoms with Gasteiger partial charge in [0, 0.05) is 17.1 Å². The molecule has 0 saturated heterocycles. The van der Waals surface area contributed by atoms with E-state index in [4.69, 9.17) is 4.99 Å². The maximum absolute atomic E-state index is 4.82. The van der Waals surface area contributed by atoms with Gasteiger partial charge in [-0.3, -0.25) is 10.1 Å². The van der Waals surface area contributed by atoms with E-state index in [0.717, 1.165) is 17.7 Å². The van der Waals surface area contributed by atoms with Gasteiger partial charge >= 0.3 is 0 Å². The second kappa shape index (κ2) is 6.44. The summed E-state index contributed by atoms with van der Waals surface area (Å²) in [7, 11) is 0. The molecule has 0 bridgehead atoms. The van der Waals surface area contributed by atoms with E-state index in [1.54, 1.807) is 0 Å². The van der Waals surface area contributed by atoms with Gasteiger partial charge in [-0.15, -0.1) is 11.8 Å². The average Bonchev–Trinajstić information content (AvgIpc) is 3.24. The summed E-state index contributed by atoms with van der Waals surface area (Å²) in [5, 5.41) is 9.73. The van der Waals surface area contributed by atoms with Crippen molar-refractivity contribution in [2.24, 2.45) is 4.99 Å². The van der Waals surface area contributed by atoms with Gasteiger partial charge in [-0.2, -0.15) is 5.10 Å². The molecule has 0 amide bonds. The molecule has 1 aromatic heterocycles. The molecule has 122 valence electrons. The molecule has 24 heavy (non-hydrogen) atoms. The summed E-state index contributed by atoms with van der Waals surface area (Å²) in [6.45, 7) is 4.47. The molecule has 2 aromatic carbocycles. The first kappa shape index (κ1) is 15.5. The number of hydrogen-bond donors (Lipinski definition) is 1. The van der Waals surface area contributed by atoms with Crippen molar-refractivity contribution in [2.45, 2.75) is 32.2 Å². The number of thioether (sulfide) groups is 1. The minimum atomic E-state index is 0.361. The Bertz CT molecular complexity index is 897. The zero-order valence-electron chi connectivity index (χ0n) is 14.0. The number of H-pyrrole nitrogens is 1. The van der Waals surface area contributed by atoms with Gasteiger partial charge in [-0.1, -0.05) is 43.3 Å². The minimum Gasteiger partial charge on any atom is -0.278 e. The van der Waals surface area contributed by atoms with E-state index in [1.165, 1.54) is 27.1 Å². The Labute approximate surface area is 146 Å². The van der Waals surface area contributed by atoms with Crippen LogP contribution in [0.4, 0.5) is 0 Å². The molecule has 0 fully saturated rings. The van der Waals surface area contributed by atoms with Gasteiger partial charge in [0.1, 0.15) is 0 Å². The van der Waals surface area contributed by atoms with Gasteiger partial charge in [-0.05, 0) is 36.1 Å². The third kappa shape index (κ3) is 2.86. The van der Waals surface area contributed by atoms with Crippen LogP contribution >= 0.6 is 11.8 Å². The van der Waals surface area contributed by atoms with Gasteiger partial charge in [0.15, 0.2) is 0 Å². The molecule has 1 N–H and O–H groups in total. The lowest BCUT2D eigenvalue weighted by atomic mass is 9.91. The molecule has 0 radical (unpaired) electrons. The largest absolute Gasteiger partial charge is 0.278 e. The first-order valence-corrected chi connectivity index (χ1v) is 9.40. The highest BCUT2D eigenvalue weighted by molar-refractivity contribution is 8.14. The average molecular weight is 335 g/mol. The lowest BCUT2D eigenvalue weighted by Crippen LogP contribution is -2.07. The van der Waals surface area contributed by atoms with E-state index >= 15 is 0 Å². The number of nitrogens with one attached hydrogen (secondary N) is 1. The van der Waals surface area contributed by atoms with Gasteiger partial charge in [0.05, 0.1) is 22.8 Å². The molecule has 1 aliphatic heterocycles. The van der Waals surface area contributed by atoms with Crippen LogP contribution in [0.5, 0.6) is 0 Å². The SMILES string of the molecule is CC1CSC(C(C)c2ccccc2Cc2cccc3[nH]ncc23)=N1. The zero-order valence-corrected chi connectivity index (χ0v) is 14.8. The quantitative estimate of drug-likeness (QED) is 0.744. The Balaban J connectivity index is 1.69. The number of benzene rings is 2. The van der Waals surface area contributed by atoms with E-state index in [0.29, 0.717) is 12.0 Å². The van der Waals surface area contributed by atoms with Crippen LogP contribution in [-0.2, 0) is 6.42 Å². The van der Waals surface area contributed by atoms with E-state index in [9.17, 15) is 0 Å². The molecule has 3 nitrogen and oxygen atoms in total. The van der Waals surface area contributed by atoms with Crippen LogP contribution in [0.25, 0.3) is 10.9 Å². The zero-order chi connectivity index (χ0) is 16.5. The van der Waals surface area contributed by atoms with E-state index in [2.05, 4.69) is 66.5 Å². The normalized spacial score (nSPS) is 18.8. The second-order valence-corrected chi connectivity index (χ2v) is 7.51. The number of hydrogen-bond acceptors (Lipinski definition) is 3. The summed E-state index contributed by atoms with van der Waals surface area (Å²) in [5.74, 6) is 1.47. The first-order valence-electron chi connectivity index (χ1n) is 8.41. The van der Waals surface area contributed by atoms with Crippen LogP contribution in [0.1, 0.15) is 36.5 Å². The Morgan fingerprint density at radius 1 is 1.17 bits per heavy atom. The molecule has 2 heterocycles. The summed E-state index contributed by atoms with van der Waals surface area (Å²) in [5.41, 5.74) is 5.18. The van der Waals surface area contributed by atoms with Gasteiger partial charge in [-0.25, -0.2) is 0 Å². The van der Waals surface area contributed by atoms with Crippen molar-refractivity contribution in [3.05, 3.63) is 65.4 Å². The maximum atomic E-state index is 4.82. The maximum Gasteiger partial charge on any atom is 0.0752 e. The van der Waals surface area contributed by atoms with Gasteiger partial charge in [0.2, 0.25) is 0 Å². The number of fused-ring (bicyclic) bond motifs is 1. The summed E-state index contributed by atoms with van der Waals surface area (Å²) in [6, 6.07) is 15.6. The summed E-state index contributed by atoms with van der Waals surface area (Å²) < 4.78 is 0. The Kier molecular flexibility index (Phi) is 4.15. The lowest BCUT2D eigenvalue weighted by Gasteiger charge is -2.16. The standard InChI is InChI=1S/C20H21N3S/c1-13-12-24-20(22-13)14(2)17-8-4-3-6-15(17)10-16-7-5-9-19-18(16)11-21-23-19/h3-9,11,13-14H,10,12H2,1-2H3,(H,21,23). The monoisotopic (exact) mass is 335 g/mol. The van der Waals surface area contributed by atoms with Crippen molar-refractivity contribution in [1.82, 2.24) is 10.2 Å². The highest BCUT2D eigenvalue weighted by Gasteiger charge is 2.22. The smallest absolute Gasteiger partial charge is 0.0752 e. The minimum absolute atomic E-state index is 0.361. The predicted octanol–water partition coefficient (Wildman–Crippen LogP) is 4.79. The first-order chi connectivity index (χ1) is 11.7. The number of aromatic amines is 1. The van der Waals surface area contributed by atoms with E-state index in [-0.39, 0.29) is 0 Å². The number of rotatable bonds is 4. The summed E-state index contributed by atoms with van der Waals surface area (Å²) in [4.78, 5) is 4.82. The molecule has 3 aromatic rings. The molecule has 1 aliphatic rings. The third-order valence-electron chi connectivity index (χ3n) is 4.67. The van der Waals surface area contributed by atoms with Crippen LogP contribution in [0.2, 0.25) is 0 Å². The van der Waals surface area contributed by atoms with Crippen LogP contribution < -0.4 is 0 Å². The van der Waals surface area contributed by atoms with Crippen molar-refractivity contribution >= 4 is 27.7 Å². The summed E-state index contributed by atoms with van der Waals surface area (Å²) >= 11 is 1.91. The fourth-order valence-electron chi connectivity index (χ4n) is 3.37. The van der Waals surface area contributed by atoms with Crippen molar-refractivity contribution in [1.29, 1.82) is 0 Å². The molecule has 0 saturated carbocycles. The third-order valence-corrected chi connectivity index (χ3v) is 6.07. The predicted molar refractivity (Wildman–Crippen MR) is 103 cm³/mol. The topological polar surface area (TPSA) is 41.0 Å². The van der Waals surface area contributed by atoms with E-state index in [1.807, 2.05) is 18.0 Å². The Hall–Kier alpha value is -2.07. The number of aliphatic imine (C=N–C) groups is 1. The summed E-state index contributed by atoms with van der Waals surface area (Å²) in [6.07, 6.45) is 2.85. The fraction of sp³-hybridized carbons (Fsp3) is 0.300. The van der Waals surface area contributed by atoms with Crippen molar-refractivity contribution in [3.63, 3.8) is 0 Å².